The first kappa shape index (κ1) is 21.9. The van der Waals surface area contributed by atoms with E-state index in [1.54, 1.807) is 24.3 Å². The first-order valence-corrected chi connectivity index (χ1v) is 12.4. The Kier molecular flexibility index (Phi) is 6.68. The Balaban J connectivity index is 1.40. The molecule has 0 radical (unpaired) electrons. The fourth-order valence-corrected chi connectivity index (χ4v) is 5.81. The van der Waals surface area contributed by atoms with Gasteiger partial charge in [0.05, 0.1) is 4.90 Å². The Morgan fingerprint density at radius 3 is 2.58 bits per heavy atom. The number of hydrogen-bond acceptors (Lipinski definition) is 7. The number of hydrogen-bond donors (Lipinski definition) is 1. The van der Waals surface area contributed by atoms with Crippen molar-refractivity contribution in [1.82, 2.24) is 24.7 Å². The van der Waals surface area contributed by atoms with E-state index in [4.69, 9.17) is 4.52 Å². The molecule has 2 aromatic rings. The molecule has 0 spiro atoms. The second kappa shape index (κ2) is 9.46. The van der Waals surface area contributed by atoms with Gasteiger partial charge in [-0.2, -0.15) is 9.29 Å². The topological polar surface area (TPSA) is 109 Å². The average molecular weight is 448 g/mol. The van der Waals surface area contributed by atoms with Gasteiger partial charge in [-0.3, -0.25) is 9.69 Å². The summed E-state index contributed by atoms with van der Waals surface area (Å²) in [4.78, 5) is 19.2. The molecule has 31 heavy (non-hydrogen) atoms. The van der Waals surface area contributed by atoms with Crippen molar-refractivity contribution in [2.45, 2.75) is 50.0 Å². The number of amides is 1. The Labute approximate surface area is 182 Å². The maximum Gasteiger partial charge on any atom is 0.316 e. The minimum atomic E-state index is -3.49. The molecule has 2 fully saturated rings. The molecule has 2 aliphatic rings. The molecule has 1 atom stereocenters. The largest absolute Gasteiger partial charge is 0.346 e. The van der Waals surface area contributed by atoms with Crippen LogP contribution in [0.5, 0.6) is 0 Å². The lowest BCUT2D eigenvalue weighted by Gasteiger charge is -2.25. The number of nitrogens with zero attached hydrogens (tertiary/aromatic N) is 4. The average Bonchev–Trinajstić information content (AvgIpc) is 3.48. The summed E-state index contributed by atoms with van der Waals surface area (Å²) in [6.45, 7) is 5.81. The number of nitrogens with one attached hydrogen (secondary N) is 1. The zero-order chi connectivity index (χ0) is 21.8. The molecule has 0 saturated carbocycles. The summed E-state index contributed by atoms with van der Waals surface area (Å²) in [5, 5.41) is 6.76. The van der Waals surface area contributed by atoms with Gasteiger partial charge in [0.25, 0.3) is 0 Å². The smallest absolute Gasteiger partial charge is 0.316 e. The van der Waals surface area contributed by atoms with Crippen molar-refractivity contribution in [3.63, 3.8) is 0 Å². The van der Waals surface area contributed by atoms with Gasteiger partial charge in [-0.25, -0.2) is 8.42 Å². The van der Waals surface area contributed by atoms with Gasteiger partial charge < -0.3 is 9.84 Å². The standard InChI is InChI=1S/C21H29N5O4S/c1-2-25-12-6-7-17(25)15-22-20(27)21-23-19(24-30-21)16-8-10-18(11-9-16)31(28,29)26-13-4-3-5-14-26/h8-11,17H,2-7,12-15H2,1H3,(H,22,27)/t17-/m1/s1. The third kappa shape index (κ3) is 4.81. The van der Waals surface area contributed by atoms with Crippen molar-refractivity contribution in [2.24, 2.45) is 0 Å². The van der Waals surface area contributed by atoms with Gasteiger partial charge in [-0.1, -0.05) is 18.5 Å². The number of aromatic nitrogens is 2. The molecule has 1 aromatic heterocycles. The highest BCUT2D eigenvalue weighted by atomic mass is 32.2. The van der Waals surface area contributed by atoms with Crippen LogP contribution in [0, 0.1) is 0 Å². The van der Waals surface area contributed by atoms with Gasteiger partial charge in [-0.05, 0) is 63.0 Å². The van der Waals surface area contributed by atoms with E-state index in [2.05, 4.69) is 27.3 Å². The molecule has 2 aliphatic heterocycles. The lowest BCUT2D eigenvalue weighted by Crippen LogP contribution is -2.40. The van der Waals surface area contributed by atoms with E-state index in [1.165, 1.54) is 4.31 Å². The molecular weight excluding hydrogens is 418 g/mol. The first-order chi connectivity index (χ1) is 15.0. The normalized spacial score (nSPS) is 20.7. The number of piperidine rings is 1. The molecule has 3 heterocycles. The van der Waals surface area contributed by atoms with Crippen molar-refractivity contribution in [1.29, 1.82) is 0 Å². The molecule has 4 rings (SSSR count). The van der Waals surface area contributed by atoms with Crippen molar-refractivity contribution in [3.8, 4) is 11.4 Å². The number of benzene rings is 1. The minimum absolute atomic E-state index is 0.0962. The summed E-state index contributed by atoms with van der Waals surface area (Å²) in [6.07, 6.45) is 5.05. The van der Waals surface area contributed by atoms with Crippen LogP contribution in [0.3, 0.4) is 0 Å². The van der Waals surface area contributed by atoms with Crippen LogP contribution >= 0.6 is 0 Å². The number of likely N-dealkylation sites (tertiary alicyclic amines) is 1. The third-order valence-electron chi connectivity index (χ3n) is 6.09. The van der Waals surface area contributed by atoms with Crippen molar-refractivity contribution >= 4 is 15.9 Å². The highest BCUT2D eigenvalue weighted by molar-refractivity contribution is 7.89. The molecule has 1 N–H and O–H groups in total. The first-order valence-electron chi connectivity index (χ1n) is 11.0. The van der Waals surface area contributed by atoms with Gasteiger partial charge >= 0.3 is 11.8 Å². The van der Waals surface area contributed by atoms with Crippen LogP contribution < -0.4 is 5.32 Å². The predicted octanol–water partition coefficient (Wildman–Crippen LogP) is 2.13. The highest BCUT2D eigenvalue weighted by Gasteiger charge is 2.27. The summed E-state index contributed by atoms with van der Waals surface area (Å²) >= 11 is 0. The minimum Gasteiger partial charge on any atom is -0.346 e. The quantitative estimate of drug-likeness (QED) is 0.692. The number of carbonyl (C=O) groups is 1. The van der Waals surface area contributed by atoms with E-state index >= 15 is 0 Å². The Bertz CT molecular complexity index is 999. The third-order valence-corrected chi connectivity index (χ3v) is 8.00. The Morgan fingerprint density at radius 2 is 1.87 bits per heavy atom. The number of carbonyl (C=O) groups excluding carboxylic acids is 1. The summed E-state index contributed by atoms with van der Waals surface area (Å²) in [5.41, 5.74) is 0.591. The summed E-state index contributed by atoms with van der Waals surface area (Å²) in [7, 11) is -3.49. The van der Waals surface area contributed by atoms with E-state index in [0.29, 0.717) is 31.2 Å². The van der Waals surface area contributed by atoms with E-state index in [1.807, 2.05) is 0 Å². The lowest BCUT2D eigenvalue weighted by molar-refractivity contribution is 0.0897. The van der Waals surface area contributed by atoms with Gasteiger partial charge in [0.15, 0.2) is 0 Å². The zero-order valence-corrected chi connectivity index (χ0v) is 18.6. The molecule has 9 nitrogen and oxygen atoms in total. The van der Waals surface area contributed by atoms with Crippen LogP contribution in [0.15, 0.2) is 33.7 Å². The molecule has 2 saturated heterocycles. The maximum absolute atomic E-state index is 12.8. The molecule has 168 valence electrons. The fraction of sp³-hybridized carbons (Fsp3) is 0.571. The predicted molar refractivity (Wildman–Crippen MR) is 115 cm³/mol. The second-order valence-electron chi connectivity index (χ2n) is 8.05. The summed E-state index contributed by atoms with van der Waals surface area (Å²) in [6, 6.07) is 6.72. The van der Waals surface area contributed by atoms with E-state index in [0.717, 1.165) is 45.2 Å². The zero-order valence-electron chi connectivity index (χ0n) is 17.8. The van der Waals surface area contributed by atoms with Gasteiger partial charge in [-0.15, -0.1) is 0 Å². The Hall–Kier alpha value is -2.30. The molecule has 0 aliphatic carbocycles. The van der Waals surface area contributed by atoms with Crippen LogP contribution in [-0.4, -0.2) is 72.4 Å². The van der Waals surface area contributed by atoms with Crippen LogP contribution in [0.2, 0.25) is 0 Å². The van der Waals surface area contributed by atoms with E-state index in [9.17, 15) is 13.2 Å². The SMILES string of the molecule is CCN1CCC[C@@H]1CNC(=O)c1nc(-c2ccc(S(=O)(=O)N3CCCCC3)cc2)no1. The van der Waals surface area contributed by atoms with Crippen molar-refractivity contribution in [2.75, 3.05) is 32.7 Å². The highest BCUT2D eigenvalue weighted by Crippen LogP contribution is 2.23. The molecular formula is C21H29N5O4S. The van der Waals surface area contributed by atoms with Gasteiger partial charge in [0.2, 0.25) is 15.8 Å². The number of likely N-dealkylation sites (N-methyl/N-ethyl adjacent to an activating group) is 1. The van der Waals surface area contributed by atoms with Crippen LogP contribution in [0.25, 0.3) is 11.4 Å². The summed E-state index contributed by atoms with van der Waals surface area (Å²) in [5.74, 6) is -0.241. The molecule has 10 heteroatoms. The fourth-order valence-electron chi connectivity index (χ4n) is 4.29. The molecule has 0 bridgehead atoms. The van der Waals surface area contributed by atoms with Crippen molar-refractivity contribution < 1.29 is 17.7 Å². The molecule has 1 amide bonds. The van der Waals surface area contributed by atoms with Crippen LogP contribution in [0.1, 0.15) is 49.7 Å². The number of rotatable bonds is 7. The lowest BCUT2D eigenvalue weighted by atomic mass is 10.2. The van der Waals surface area contributed by atoms with Crippen LogP contribution in [0.4, 0.5) is 0 Å². The maximum atomic E-state index is 12.8. The van der Waals surface area contributed by atoms with Crippen molar-refractivity contribution in [3.05, 3.63) is 30.2 Å². The van der Waals surface area contributed by atoms with Gasteiger partial charge in [0, 0.05) is 31.2 Å². The summed E-state index contributed by atoms with van der Waals surface area (Å²) < 4.78 is 32.2. The molecule has 0 unspecified atom stereocenters. The number of sulfonamides is 1. The monoisotopic (exact) mass is 447 g/mol. The van der Waals surface area contributed by atoms with E-state index in [-0.39, 0.29) is 16.6 Å². The molecule has 1 aromatic carbocycles. The van der Waals surface area contributed by atoms with Gasteiger partial charge in [0.1, 0.15) is 0 Å². The second-order valence-corrected chi connectivity index (χ2v) is 9.98. The van der Waals surface area contributed by atoms with Crippen LogP contribution in [-0.2, 0) is 10.0 Å². The Morgan fingerprint density at radius 1 is 1.13 bits per heavy atom. The van der Waals surface area contributed by atoms with E-state index < -0.39 is 15.9 Å².